The Morgan fingerprint density at radius 1 is 0.807 bits per heavy atom. The van der Waals surface area contributed by atoms with Crippen LogP contribution in [0.25, 0.3) is 10.8 Å². The van der Waals surface area contributed by atoms with Crippen LogP contribution >= 0.6 is 11.8 Å². The van der Waals surface area contributed by atoms with Crippen molar-refractivity contribution in [1.29, 1.82) is 0 Å². The van der Waals surface area contributed by atoms with Gasteiger partial charge in [-0.05, 0) is 70.7 Å². The average molecular weight is 894 g/mol. The lowest BCUT2D eigenvalue weighted by Gasteiger charge is -2.12. The standard InChI is InChI=1S/C28H25N7O16S5.H2O/c1-35(34-37)9-12-53(38,39)17-4-8-23(49-2)22(14-17)31-33-27-25(55(43,44)45)15-19-18(28(27)36)5-6-20(29)26(19)32-30-21-7-3-16(13-24(21)54(40,41)42)52-11-10-50-51-56(46,47)48;/h3-8,13-15,36H,9,12,29H2,1-2H3,(H,40,41,42)(H,43,44,45)(H,46,47,48);1H2. The number of phenols is 1. The first-order valence-electron chi connectivity index (χ1n) is 14.5. The Labute approximate surface area is 326 Å². The molecule has 0 unspecified atom stereocenters. The number of nitrogens with zero attached hydrogens (tertiary/aromatic N) is 6. The Hall–Kier alpha value is -5.55. The smallest absolute Gasteiger partial charge is 0.433 e. The second-order valence-corrected chi connectivity index (χ2v) is 17.4. The summed E-state index contributed by atoms with van der Waals surface area (Å²) < 4.78 is 134. The van der Waals surface area contributed by atoms with Gasteiger partial charge in [-0.2, -0.15) is 25.3 Å². The SMILES string of the molecule is COc1ccc(S(=O)(=O)CCN(C)N=O)cc1N=Nc1c(S(=O)(=O)O)cc2c(N=Nc3ccc(SC#COOS(=O)(=O)O)cc3S(=O)(=O)O)c(N)ccc2c1O.O. The normalized spacial score (nSPS) is 12.2. The molecule has 0 fully saturated rings. The summed E-state index contributed by atoms with van der Waals surface area (Å²) in [6.45, 7) is -0.245. The number of anilines is 1. The molecule has 8 N–H and O–H groups in total. The van der Waals surface area contributed by atoms with Gasteiger partial charge in [-0.3, -0.25) is 23.6 Å². The fraction of sp³-hybridized carbons (Fsp3) is 0.143. The molecule has 306 valence electrons. The molecule has 0 amide bonds. The minimum absolute atomic E-state index is 0. The number of sulfone groups is 1. The number of aromatic hydroxyl groups is 1. The number of ether oxygens (including phenoxy) is 1. The van der Waals surface area contributed by atoms with Gasteiger partial charge in [0.25, 0.3) is 20.2 Å². The summed E-state index contributed by atoms with van der Waals surface area (Å²) in [5, 5.41) is 31.9. The molecule has 0 aromatic heterocycles. The van der Waals surface area contributed by atoms with Crippen molar-refractivity contribution >= 4 is 91.4 Å². The van der Waals surface area contributed by atoms with E-state index in [1.54, 1.807) is 6.11 Å². The quantitative estimate of drug-likeness (QED) is 0.0166. The highest BCUT2D eigenvalue weighted by Crippen LogP contribution is 2.46. The van der Waals surface area contributed by atoms with E-state index in [0.29, 0.717) is 11.8 Å². The third-order valence-corrected chi connectivity index (χ3v) is 11.3. The first-order valence-corrected chi connectivity index (χ1v) is 21.2. The van der Waals surface area contributed by atoms with Crippen molar-refractivity contribution in [3.8, 4) is 22.9 Å². The van der Waals surface area contributed by atoms with Crippen molar-refractivity contribution in [2.24, 2.45) is 25.7 Å². The fourth-order valence-corrected chi connectivity index (χ4v) is 7.70. The molecular weight excluding hydrogens is 867 g/mol. The van der Waals surface area contributed by atoms with Gasteiger partial charge < -0.3 is 21.1 Å². The molecule has 24 nitrogen and oxygen atoms in total. The van der Waals surface area contributed by atoms with Crippen molar-refractivity contribution in [2.75, 3.05) is 32.2 Å². The number of rotatable bonds is 15. The lowest BCUT2D eigenvalue weighted by Crippen LogP contribution is -2.21. The third kappa shape index (κ3) is 11.7. The molecule has 0 bridgehead atoms. The maximum absolute atomic E-state index is 12.9. The summed E-state index contributed by atoms with van der Waals surface area (Å²) in [5.74, 6) is -1.45. The number of fused-ring (bicyclic) bond motifs is 1. The number of thioether (sulfide) groups is 1. The number of hydrogen-bond donors (Lipinski definition) is 5. The van der Waals surface area contributed by atoms with Crippen LogP contribution < -0.4 is 10.5 Å². The van der Waals surface area contributed by atoms with Crippen molar-refractivity contribution in [3.63, 3.8) is 0 Å². The predicted molar refractivity (Wildman–Crippen MR) is 199 cm³/mol. The largest absolute Gasteiger partial charge is 0.505 e. The molecule has 4 rings (SSSR count). The summed E-state index contributed by atoms with van der Waals surface area (Å²) >= 11 is 0.562. The number of benzene rings is 4. The van der Waals surface area contributed by atoms with Gasteiger partial charge in [0.2, 0.25) is 0 Å². The summed E-state index contributed by atoms with van der Waals surface area (Å²) in [7, 11) is -16.7. The minimum atomic E-state index is -5.24. The highest BCUT2D eigenvalue weighted by Gasteiger charge is 2.25. The molecule has 0 saturated heterocycles. The van der Waals surface area contributed by atoms with Gasteiger partial charge >= 0.3 is 10.4 Å². The van der Waals surface area contributed by atoms with Crippen LogP contribution in [0.4, 0.5) is 28.4 Å². The van der Waals surface area contributed by atoms with Crippen LogP contribution in [0, 0.1) is 16.3 Å². The van der Waals surface area contributed by atoms with Gasteiger partial charge in [0.05, 0.1) is 35.3 Å². The molecule has 0 aliphatic heterocycles. The van der Waals surface area contributed by atoms with Crippen LogP contribution in [0.15, 0.2) is 99.9 Å². The maximum atomic E-state index is 12.9. The van der Waals surface area contributed by atoms with Crippen molar-refractivity contribution in [3.05, 3.63) is 59.5 Å². The van der Waals surface area contributed by atoms with E-state index in [-0.39, 0.29) is 55.4 Å². The molecular formula is C28H27N7O17S5. The Bertz CT molecular complexity index is 2790. The van der Waals surface area contributed by atoms with Gasteiger partial charge in [0.1, 0.15) is 38.3 Å². The molecule has 4 aromatic rings. The maximum Gasteiger partial charge on any atom is 0.433 e. The van der Waals surface area contributed by atoms with Crippen LogP contribution in [0.1, 0.15) is 0 Å². The molecule has 0 aliphatic rings. The molecule has 0 radical (unpaired) electrons. The molecule has 0 atom stereocenters. The monoisotopic (exact) mass is 893 g/mol. The van der Waals surface area contributed by atoms with Crippen LogP contribution in [-0.2, 0) is 49.7 Å². The first-order chi connectivity index (χ1) is 26.1. The van der Waals surface area contributed by atoms with E-state index >= 15 is 0 Å². The number of azo groups is 2. The van der Waals surface area contributed by atoms with E-state index in [0.717, 1.165) is 29.3 Å². The summed E-state index contributed by atoms with van der Waals surface area (Å²) in [5.41, 5.74) is 3.96. The van der Waals surface area contributed by atoms with Gasteiger partial charge in [-0.15, -0.1) is 25.4 Å². The van der Waals surface area contributed by atoms with Gasteiger partial charge in [-0.25, -0.2) is 8.42 Å². The molecule has 0 heterocycles. The van der Waals surface area contributed by atoms with Crippen LogP contribution in [0.5, 0.6) is 11.5 Å². The van der Waals surface area contributed by atoms with Gasteiger partial charge in [-0.1, -0.05) is 0 Å². The topological polar surface area (TPSA) is 385 Å². The number of nitrogens with two attached hydrogens (primary N) is 1. The number of nitroso groups, excluding NO2 is 1. The zero-order chi connectivity index (χ0) is 41.6. The molecule has 57 heavy (non-hydrogen) atoms. The van der Waals surface area contributed by atoms with Gasteiger partial charge in [0.15, 0.2) is 21.7 Å². The van der Waals surface area contributed by atoms with E-state index in [9.17, 15) is 52.8 Å². The zero-order valence-electron chi connectivity index (χ0n) is 28.6. The minimum Gasteiger partial charge on any atom is -0.505 e. The summed E-state index contributed by atoms with van der Waals surface area (Å²) in [6, 6.07) is 9.85. The highest BCUT2D eigenvalue weighted by atomic mass is 32.3. The predicted octanol–water partition coefficient (Wildman–Crippen LogP) is 3.78. The van der Waals surface area contributed by atoms with Gasteiger partial charge in [0, 0.05) is 28.0 Å². The lowest BCUT2D eigenvalue weighted by atomic mass is 10.1. The van der Waals surface area contributed by atoms with E-state index in [1.807, 2.05) is 0 Å². The number of phenolic OH excluding ortho intramolecular Hbond substituents is 1. The number of hydrogen-bond acceptors (Lipinski definition) is 20. The Kier molecular flexibility index (Phi) is 14.6. The lowest BCUT2D eigenvalue weighted by molar-refractivity contribution is -0.135. The third-order valence-electron chi connectivity index (χ3n) is 6.94. The first kappa shape index (κ1) is 45.8. The van der Waals surface area contributed by atoms with E-state index < -0.39 is 73.1 Å². The van der Waals surface area contributed by atoms with Crippen molar-refractivity contribution in [2.45, 2.75) is 19.6 Å². The highest BCUT2D eigenvalue weighted by molar-refractivity contribution is 8.04. The second-order valence-electron chi connectivity index (χ2n) is 10.7. The molecule has 0 spiro atoms. The Morgan fingerprint density at radius 3 is 2.07 bits per heavy atom. The van der Waals surface area contributed by atoms with Crippen LogP contribution in [0.2, 0.25) is 0 Å². The fourth-order valence-electron chi connectivity index (χ4n) is 4.39. The molecule has 0 aliphatic carbocycles. The average Bonchev–Trinajstić information content (AvgIpc) is 3.11. The van der Waals surface area contributed by atoms with E-state index in [1.165, 1.54) is 44.5 Å². The molecule has 4 aromatic carbocycles. The van der Waals surface area contributed by atoms with Crippen molar-refractivity contribution in [1.82, 2.24) is 5.01 Å². The number of nitrogen functional groups attached to an aromatic ring is 1. The zero-order valence-corrected chi connectivity index (χ0v) is 32.7. The molecule has 0 saturated carbocycles. The van der Waals surface area contributed by atoms with E-state index in [4.69, 9.17) is 15.0 Å². The second kappa shape index (κ2) is 18.1. The summed E-state index contributed by atoms with van der Waals surface area (Å²) in [4.78, 5) is 12.5. The molecule has 29 heteroatoms. The van der Waals surface area contributed by atoms with E-state index in [2.05, 4.69) is 40.2 Å². The Morgan fingerprint density at radius 2 is 1.46 bits per heavy atom. The number of methoxy groups -OCH3 is 1. The Balaban J connectivity index is 0.00000870. The summed E-state index contributed by atoms with van der Waals surface area (Å²) in [6.07, 6.45) is 1.75. The van der Waals surface area contributed by atoms with Crippen LogP contribution in [-0.4, -0.2) is 89.4 Å². The van der Waals surface area contributed by atoms with Crippen LogP contribution in [0.3, 0.4) is 0 Å². The van der Waals surface area contributed by atoms with Crippen molar-refractivity contribution < 1.29 is 71.9 Å².